The fourth-order valence-electron chi connectivity index (χ4n) is 1.77. The maximum Gasteiger partial charge on any atom is 0.251 e. The summed E-state index contributed by atoms with van der Waals surface area (Å²) in [6.45, 7) is 1.75. The summed E-state index contributed by atoms with van der Waals surface area (Å²) < 4.78 is 1.58. The third-order valence-electron chi connectivity index (χ3n) is 2.71. The van der Waals surface area contributed by atoms with Crippen molar-refractivity contribution in [1.82, 2.24) is 15.1 Å². The second-order valence-corrected chi connectivity index (χ2v) is 4.39. The van der Waals surface area contributed by atoms with Gasteiger partial charge < -0.3 is 10.6 Å². The Kier molecular flexibility index (Phi) is 4.14. The summed E-state index contributed by atoms with van der Waals surface area (Å²) in [6, 6.07) is 10.5. The third-order valence-corrected chi connectivity index (χ3v) is 2.71. The Morgan fingerprint density at radius 3 is 2.55 bits per heavy atom. The molecule has 6 nitrogen and oxygen atoms in total. The molecule has 0 spiro atoms. The van der Waals surface area contributed by atoms with Gasteiger partial charge in [0.05, 0.1) is 12.2 Å². The summed E-state index contributed by atoms with van der Waals surface area (Å²) in [6.07, 6.45) is 0. The second-order valence-electron chi connectivity index (χ2n) is 4.39. The highest BCUT2D eigenvalue weighted by Crippen LogP contribution is 2.07. The molecule has 0 saturated carbocycles. The van der Waals surface area contributed by atoms with Crippen LogP contribution < -0.4 is 10.6 Å². The molecule has 2 aromatic rings. The average Bonchev–Trinajstić information content (AvgIpc) is 2.75. The van der Waals surface area contributed by atoms with Crippen LogP contribution in [-0.4, -0.2) is 28.1 Å². The van der Waals surface area contributed by atoms with Crippen molar-refractivity contribution in [1.29, 1.82) is 0 Å². The molecule has 1 aromatic heterocycles. The standard InChI is InChI=1S/C14H16N4O2/c1-10-8-12(18(2)17-10)16-13(19)9-15-14(20)11-6-4-3-5-7-11/h3-8H,9H2,1-2H3,(H,15,20)(H,16,19). The number of aromatic nitrogens is 2. The van der Waals surface area contributed by atoms with E-state index in [1.807, 2.05) is 13.0 Å². The van der Waals surface area contributed by atoms with E-state index in [-0.39, 0.29) is 18.4 Å². The van der Waals surface area contributed by atoms with Gasteiger partial charge in [-0.1, -0.05) is 18.2 Å². The highest BCUT2D eigenvalue weighted by atomic mass is 16.2. The Bertz CT molecular complexity index is 619. The average molecular weight is 272 g/mol. The van der Waals surface area contributed by atoms with E-state index in [1.165, 1.54) is 0 Å². The Balaban J connectivity index is 1.87. The molecule has 0 saturated heterocycles. The number of carbonyl (C=O) groups is 2. The first-order chi connectivity index (χ1) is 9.56. The van der Waals surface area contributed by atoms with Crippen LogP contribution in [0.1, 0.15) is 16.1 Å². The van der Waals surface area contributed by atoms with Crippen molar-refractivity contribution in [2.75, 3.05) is 11.9 Å². The lowest BCUT2D eigenvalue weighted by molar-refractivity contribution is -0.115. The number of anilines is 1. The van der Waals surface area contributed by atoms with Crippen molar-refractivity contribution >= 4 is 17.6 Å². The number of hydrogen-bond donors (Lipinski definition) is 2. The van der Waals surface area contributed by atoms with Crippen molar-refractivity contribution in [2.24, 2.45) is 7.05 Å². The molecule has 0 aliphatic carbocycles. The van der Waals surface area contributed by atoms with Crippen LogP contribution in [0.2, 0.25) is 0 Å². The molecule has 0 radical (unpaired) electrons. The van der Waals surface area contributed by atoms with Crippen LogP contribution in [-0.2, 0) is 11.8 Å². The van der Waals surface area contributed by atoms with Crippen LogP contribution in [0.3, 0.4) is 0 Å². The summed E-state index contributed by atoms with van der Waals surface area (Å²) in [5.74, 6) is 0.0284. The van der Waals surface area contributed by atoms with Gasteiger partial charge in [0.1, 0.15) is 5.82 Å². The largest absolute Gasteiger partial charge is 0.343 e. The zero-order valence-corrected chi connectivity index (χ0v) is 11.4. The number of aryl methyl sites for hydroxylation is 2. The molecule has 2 N–H and O–H groups in total. The van der Waals surface area contributed by atoms with E-state index in [2.05, 4.69) is 15.7 Å². The number of carbonyl (C=O) groups excluding carboxylic acids is 2. The van der Waals surface area contributed by atoms with Crippen molar-refractivity contribution in [3.05, 3.63) is 47.7 Å². The number of nitrogens with one attached hydrogen (secondary N) is 2. The minimum Gasteiger partial charge on any atom is -0.343 e. The number of benzene rings is 1. The number of hydrogen-bond acceptors (Lipinski definition) is 3. The molecule has 1 heterocycles. The van der Waals surface area contributed by atoms with Gasteiger partial charge in [-0.3, -0.25) is 14.3 Å². The Hall–Kier alpha value is -2.63. The molecule has 0 atom stereocenters. The molecule has 104 valence electrons. The summed E-state index contributed by atoms with van der Waals surface area (Å²) in [5, 5.41) is 9.37. The van der Waals surface area contributed by atoms with Crippen LogP contribution in [0.4, 0.5) is 5.82 Å². The zero-order chi connectivity index (χ0) is 14.5. The van der Waals surface area contributed by atoms with E-state index in [4.69, 9.17) is 0 Å². The van der Waals surface area contributed by atoms with Gasteiger partial charge in [-0.25, -0.2) is 0 Å². The molecular formula is C14H16N4O2. The predicted octanol–water partition coefficient (Wildman–Crippen LogP) is 1.10. The van der Waals surface area contributed by atoms with Gasteiger partial charge in [0, 0.05) is 18.7 Å². The van der Waals surface area contributed by atoms with Gasteiger partial charge in [-0.15, -0.1) is 0 Å². The molecule has 6 heteroatoms. The summed E-state index contributed by atoms with van der Waals surface area (Å²) in [7, 11) is 1.74. The van der Waals surface area contributed by atoms with Crippen molar-refractivity contribution in [3.8, 4) is 0 Å². The van der Waals surface area contributed by atoms with Crippen molar-refractivity contribution in [3.63, 3.8) is 0 Å². The van der Waals surface area contributed by atoms with Crippen molar-refractivity contribution < 1.29 is 9.59 Å². The number of nitrogens with zero attached hydrogens (tertiary/aromatic N) is 2. The van der Waals surface area contributed by atoms with E-state index >= 15 is 0 Å². The molecule has 2 rings (SSSR count). The molecule has 1 aromatic carbocycles. The van der Waals surface area contributed by atoms with E-state index in [1.54, 1.807) is 42.1 Å². The van der Waals surface area contributed by atoms with Gasteiger partial charge in [-0.05, 0) is 19.1 Å². The molecule has 0 unspecified atom stereocenters. The first-order valence-corrected chi connectivity index (χ1v) is 6.20. The maximum atomic E-state index is 11.8. The topological polar surface area (TPSA) is 76.0 Å². The van der Waals surface area contributed by atoms with E-state index < -0.39 is 0 Å². The minimum absolute atomic E-state index is 0.0854. The lowest BCUT2D eigenvalue weighted by Gasteiger charge is -2.06. The number of amides is 2. The molecular weight excluding hydrogens is 256 g/mol. The minimum atomic E-state index is -0.294. The van der Waals surface area contributed by atoms with Gasteiger partial charge in [0.2, 0.25) is 5.91 Å². The first kappa shape index (κ1) is 13.8. The Morgan fingerprint density at radius 2 is 1.95 bits per heavy atom. The summed E-state index contributed by atoms with van der Waals surface area (Å²) in [5.41, 5.74) is 1.34. The smallest absolute Gasteiger partial charge is 0.251 e. The summed E-state index contributed by atoms with van der Waals surface area (Å²) >= 11 is 0. The van der Waals surface area contributed by atoms with Gasteiger partial charge in [-0.2, -0.15) is 5.10 Å². The van der Waals surface area contributed by atoms with Crippen LogP contribution in [0.25, 0.3) is 0 Å². The van der Waals surface area contributed by atoms with Crippen LogP contribution in [0.15, 0.2) is 36.4 Å². The molecule has 20 heavy (non-hydrogen) atoms. The lowest BCUT2D eigenvalue weighted by Crippen LogP contribution is -2.33. The highest BCUT2D eigenvalue weighted by molar-refractivity contribution is 5.99. The molecule has 0 bridgehead atoms. The summed E-state index contributed by atoms with van der Waals surface area (Å²) in [4.78, 5) is 23.5. The molecule has 0 fully saturated rings. The maximum absolute atomic E-state index is 11.8. The third kappa shape index (κ3) is 3.44. The van der Waals surface area contributed by atoms with Crippen LogP contribution in [0.5, 0.6) is 0 Å². The van der Waals surface area contributed by atoms with Gasteiger partial charge in [0.15, 0.2) is 0 Å². The van der Waals surface area contributed by atoms with E-state index in [0.717, 1.165) is 5.69 Å². The normalized spacial score (nSPS) is 10.1. The molecule has 0 aliphatic rings. The Labute approximate surface area is 116 Å². The Morgan fingerprint density at radius 1 is 1.25 bits per heavy atom. The highest BCUT2D eigenvalue weighted by Gasteiger charge is 2.09. The van der Waals surface area contributed by atoms with Crippen molar-refractivity contribution in [2.45, 2.75) is 6.92 Å². The SMILES string of the molecule is Cc1cc(NC(=O)CNC(=O)c2ccccc2)n(C)n1. The van der Waals surface area contributed by atoms with E-state index in [0.29, 0.717) is 11.4 Å². The van der Waals surface area contributed by atoms with Gasteiger partial charge >= 0.3 is 0 Å². The monoisotopic (exact) mass is 272 g/mol. The van der Waals surface area contributed by atoms with E-state index in [9.17, 15) is 9.59 Å². The molecule has 2 amide bonds. The number of rotatable bonds is 4. The lowest BCUT2D eigenvalue weighted by atomic mass is 10.2. The predicted molar refractivity (Wildman–Crippen MR) is 75.3 cm³/mol. The fraction of sp³-hybridized carbons (Fsp3) is 0.214. The quantitative estimate of drug-likeness (QED) is 0.875. The van der Waals surface area contributed by atoms with Crippen LogP contribution in [0, 0.1) is 6.92 Å². The zero-order valence-electron chi connectivity index (χ0n) is 11.4. The van der Waals surface area contributed by atoms with Gasteiger partial charge in [0.25, 0.3) is 5.91 Å². The second kappa shape index (κ2) is 6.01. The first-order valence-electron chi connectivity index (χ1n) is 6.20. The fourth-order valence-corrected chi connectivity index (χ4v) is 1.77. The van der Waals surface area contributed by atoms with Crippen LogP contribution >= 0.6 is 0 Å². The molecule has 0 aliphatic heterocycles.